The number of hydrogen-bond acceptors (Lipinski definition) is 3. The van der Waals surface area contributed by atoms with E-state index in [0.717, 1.165) is 38.8 Å². The highest BCUT2D eigenvalue weighted by Gasteiger charge is 2.26. The van der Waals surface area contributed by atoms with Gasteiger partial charge in [0.1, 0.15) is 0 Å². The van der Waals surface area contributed by atoms with Crippen LogP contribution in [-0.2, 0) is 14.8 Å². The molecule has 2 N–H and O–H groups in total. The number of quaternary nitrogens is 1. The van der Waals surface area contributed by atoms with Gasteiger partial charge in [0.05, 0.1) is 18.0 Å². The zero-order chi connectivity index (χ0) is 18.6. The summed E-state index contributed by atoms with van der Waals surface area (Å²) in [6.45, 7) is 5.88. The molecule has 2 saturated heterocycles. The summed E-state index contributed by atoms with van der Waals surface area (Å²) in [6.07, 6.45) is 5.30. The molecular weight excluding hydrogens is 350 g/mol. The van der Waals surface area contributed by atoms with E-state index in [4.69, 9.17) is 0 Å². The van der Waals surface area contributed by atoms with E-state index in [0.29, 0.717) is 31.2 Å². The summed E-state index contributed by atoms with van der Waals surface area (Å²) in [5, 5.41) is 2.88. The second kappa shape index (κ2) is 8.50. The average molecular weight is 381 g/mol. The first kappa shape index (κ1) is 19.3. The summed E-state index contributed by atoms with van der Waals surface area (Å²) in [5.74, 6) is 0.603. The van der Waals surface area contributed by atoms with Crippen molar-refractivity contribution in [3.05, 3.63) is 24.3 Å². The minimum absolute atomic E-state index is 0.0541. The zero-order valence-corrected chi connectivity index (χ0v) is 16.4. The zero-order valence-electron chi connectivity index (χ0n) is 15.5. The Balaban J connectivity index is 1.64. The SMILES string of the molecule is C[C@H]1CCC[NH+](CC(=O)Nc2cccc(S(=O)(=O)N3CCCCC3)c2)C1. The van der Waals surface area contributed by atoms with E-state index in [1.165, 1.54) is 11.3 Å². The molecule has 2 aliphatic rings. The van der Waals surface area contributed by atoms with Crippen molar-refractivity contribution >= 4 is 21.6 Å². The third-order valence-corrected chi connectivity index (χ3v) is 7.24. The number of anilines is 1. The Morgan fingerprint density at radius 3 is 2.73 bits per heavy atom. The number of likely N-dealkylation sites (tertiary alicyclic amines) is 1. The van der Waals surface area contributed by atoms with Crippen molar-refractivity contribution in [2.24, 2.45) is 5.92 Å². The number of sulfonamides is 1. The van der Waals surface area contributed by atoms with Gasteiger partial charge in [-0.05, 0) is 43.9 Å². The number of nitrogens with one attached hydrogen (secondary N) is 2. The molecule has 0 spiro atoms. The molecule has 1 unspecified atom stereocenters. The van der Waals surface area contributed by atoms with Crippen LogP contribution in [0, 0.1) is 5.92 Å². The number of carbonyl (C=O) groups is 1. The molecule has 1 aromatic carbocycles. The Morgan fingerprint density at radius 2 is 2.00 bits per heavy atom. The quantitative estimate of drug-likeness (QED) is 0.804. The Kier molecular flexibility index (Phi) is 6.32. The van der Waals surface area contributed by atoms with E-state index >= 15 is 0 Å². The summed E-state index contributed by atoms with van der Waals surface area (Å²) in [5.41, 5.74) is 0.553. The van der Waals surface area contributed by atoms with Crippen molar-refractivity contribution in [3.63, 3.8) is 0 Å². The minimum Gasteiger partial charge on any atom is -0.327 e. The predicted molar refractivity (Wildman–Crippen MR) is 102 cm³/mol. The van der Waals surface area contributed by atoms with Gasteiger partial charge < -0.3 is 10.2 Å². The lowest BCUT2D eigenvalue weighted by Crippen LogP contribution is -3.14. The Hall–Kier alpha value is -1.44. The van der Waals surface area contributed by atoms with Crippen LogP contribution in [0.4, 0.5) is 5.69 Å². The molecule has 1 amide bonds. The standard InChI is InChI=1S/C19H29N3O3S/c1-16-7-6-10-21(14-16)15-19(23)20-17-8-5-9-18(13-17)26(24,25)22-11-3-2-4-12-22/h5,8-9,13,16H,2-4,6-7,10-12,14-15H2,1H3,(H,20,23)/p+1/t16-/m0/s1. The first-order chi connectivity index (χ1) is 12.4. The summed E-state index contributed by atoms with van der Waals surface area (Å²) in [4.78, 5) is 13.9. The van der Waals surface area contributed by atoms with E-state index in [9.17, 15) is 13.2 Å². The molecule has 0 radical (unpaired) electrons. The van der Waals surface area contributed by atoms with Crippen LogP contribution in [0.3, 0.4) is 0 Å². The Labute approximate surface area is 156 Å². The summed E-state index contributed by atoms with van der Waals surface area (Å²) in [6, 6.07) is 6.64. The van der Waals surface area contributed by atoms with E-state index in [1.54, 1.807) is 28.6 Å². The lowest BCUT2D eigenvalue weighted by molar-refractivity contribution is -0.900. The molecular formula is C19H30N3O3S+. The first-order valence-corrected chi connectivity index (χ1v) is 11.1. The fourth-order valence-electron chi connectivity index (χ4n) is 3.98. The first-order valence-electron chi connectivity index (χ1n) is 9.69. The lowest BCUT2D eigenvalue weighted by Gasteiger charge is -2.27. The second-order valence-corrected chi connectivity index (χ2v) is 9.61. The summed E-state index contributed by atoms with van der Waals surface area (Å²) < 4.78 is 27.1. The topological polar surface area (TPSA) is 70.9 Å². The fraction of sp³-hybridized carbons (Fsp3) is 0.632. The van der Waals surface area contributed by atoms with E-state index in [2.05, 4.69) is 12.2 Å². The van der Waals surface area contributed by atoms with Gasteiger partial charge in [-0.15, -0.1) is 0 Å². The van der Waals surface area contributed by atoms with E-state index < -0.39 is 10.0 Å². The molecule has 1 aromatic rings. The van der Waals surface area contributed by atoms with E-state index in [1.807, 2.05) is 0 Å². The molecule has 0 bridgehead atoms. The van der Waals surface area contributed by atoms with Crippen LogP contribution in [0.2, 0.25) is 0 Å². The number of hydrogen-bond donors (Lipinski definition) is 2. The van der Waals surface area contributed by atoms with Crippen LogP contribution < -0.4 is 10.2 Å². The minimum atomic E-state index is -3.48. The number of piperidine rings is 2. The highest BCUT2D eigenvalue weighted by atomic mass is 32.2. The van der Waals surface area contributed by atoms with Crippen molar-refractivity contribution in [3.8, 4) is 0 Å². The van der Waals surface area contributed by atoms with Crippen molar-refractivity contribution in [2.45, 2.75) is 43.9 Å². The van der Waals surface area contributed by atoms with Crippen molar-refractivity contribution in [2.75, 3.05) is 38.0 Å². The molecule has 2 fully saturated rings. The lowest BCUT2D eigenvalue weighted by atomic mass is 10.0. The monoisotopic (exact) mass is 380 g/mol. The maximum atomic E-state index is 12.8. The molecule has 144 valence electrons. The van der Waals surface area contributed by atoms with Crippen LogP contribution in [0.1, 0.15) is 39.0 Å². The molecule has 26 heavy (non-hydrogen) atoms. The van der Waals surface area contributed by atoms with Gasteiger partial charge in [0.15, 0.2) is 6.54 Å². The third-order valence-electron chi connectivity index (χ3n) is 5.35. The normalized spacial score (nSPS) is 25.0. The number of amides is 1. The van der Waals surface area contributed by atoms with Gasteiger partial charge in [0.25, 0.3) is 5.91 Å². The fourth-order valence-corrected chi connectivity index (χ4v) is 5.54. The second-order valence-electron chi connectivity index (χ2n) is 7.67. The van der Waals surface area contributed by atoms with Gasteiger partial charge in [-0.1, -0.05) is 19.4 Å². The maximum Gasteiger partial charge on any atom is 0.279 e. The van der Waals surface area contributed by atoms with Crippen LogP contribution in [-0.4, -0.2) is 51.4 Å². The average Bonchev–Trinajstić information content (AvgIpc) is 2.62. The van der Waals surface area contributed by atoms with Crippen molar-refractivity contribution in [1.29, 1.82) is 0 Å². The van der Waals surface area contributed by atoms with Gasteiger partial charge in [-0.25, -0.2) is 8.42 Å². The Morgan fingerprint density at radius 1 is 1.23 bits per heavy atom. The molecule has 2 aliphatic heterocycles. The van der Waals surface area contributed by atoms with E-state index in [-0.39, 0.29) is 10.8 Å². The molecule has 2 heterocycles. The Bertz CT molecular complexity index is 729. The van der Waals surface area contributed by atoms with Gasteiger partial charge in [-0.3, -0.25) is 4.79 Å². The highest BCUT2D eigenvalue weighted by Crippen LogP contribution is 2.22. The van der Waals surface area contributed by atoms with Gasteiger partial charge in [-0.2, -0.15) is 4.31 Å². The molecule has 0 aromatic heterocycles. The van der Waals surface area contributed by atoms with Gasteiger partial charge in [0.2, 0.25) is 10.0 Å². The smallest absolute Gasteiger partial charge is 0.279 e. The van der Waals surface area contributed by atoms with Crippen molar-refractivity contribution < 1.29 is 18.1 Å². The van der Waals surface area contributed by atoms with Gasteiger partial charge >= 0.3 is 0 Å². The molecule has 7 heteroatoms. The van der Waals surface area contributed by atoms with Crippen LogP contribution in [0.25, 0.3) is 0 Å². The number of rotatable bonds is 5. The molecule has 0 saturated carbocycles. The summed E-state index contributed by atoms with van der Waals surface area (Å²) in [7, 11) is -3.48. The van der Waals surface area contributed by atoms with Crippen LogP contribution in [0.5, 0.6) is 0 Å². The van der Waals surface area contributed by atoms with Crippen molar-refractivity contribution in [1.82, 2.24) is 4.31 Å². The molecule has 0 aliphatic carbocycles. The highest BCUT2D eigenvalue weighted by molar-refractivity contribution is 7.89. The third kappa shape index (κ3) is 4.84. The number of nitrogens with zero attached hydrogens (tertiary/aromatic N) is 1. The maximum absolute atomic E-state index is 12.8. The van der Waals surface area contributed by atoms with Gasteiger partial charge in [0, 0.05) is 24.7 Å². The summed E-state index contributed by atoms with van der Waals surface area (Å²) >= 11 is 0. The van der Waals surface area contributed by atoms with Crippen LogP contribution >= 0.6 is 0 Å². The van der Waals surface area contributed by atoms with Crippen LogP contribution in [0.15, 0.2) is 29.2 Å². The molecule has 6 nitrogen and oxygen atoms in total. The largest absolute Gasteiger partial charge is 0.327 e. The number of carbonyl (C=O) groups excluding carboxylic acids is 1. The molecule has 2 atom stereocenters. The number of benzene rings is 1. The predicted octanol–water partition coefficient (Wildman–Crippen LogP) is 1.11. The molecule has 3 rings (SSSR count).